The second-order valence-corrected chi connectivity index (χ2v) is 6.01. The van der Waals surface area contributed by atoms with Gasteiger partial charge in [0.25, 0.3) is 0 Å². The van der Waals surface area contributed by atoms with E-state index in [0.29, 0.717) is 6.04 Å². The van der Waals surface area contributed by atoms with Gasteiger partial charge in [0.1, 0.15) is 0 Å². The van der Waals surface area contributed by atoms with E-state index in [-0.39, 0.29) is 0 Å². The highest BCUT2D eigenvalue weighted by atomic mass is 32.1. The van der Waals surface area contributed by atoms with Crippen LogP contribution in [0.3, 0.4) is 0 Å². The molecule has 2 rings (SSSR count). The van der Waals surface area contributed by atoms with Gasteiger partial charge >= 0.3 is 0 Å². The number of hydrogen-bond acceptors (Lipinski definition) is 3. The van der Waals surface area contributed by atoms with E-state index in [9.17, 15) is 0 Å². The first kappa shape index (κ1) is 14.2. The second kappa shape index (κ2) is 7.41. The summed E-state index contributed by atoms with van der Waals surface area (Å²) in [6, 6.07) is 6.99. The number of aromatic nitrogens is 1. The van der Waals surface area contributed by atoms with Crippen LogP contribution in [0, 0.1) is 6.92 Å². The molecule has 1 N–H and O–H groups in total. The summed E-state index contributed by atoms with van der Waals surface area (Å²) in [5.41, 5.74) is 2.80. The molecule has 0 saturated heterocycles. The van der Waals surface area contributed by atoms with Crippen molar-refractivity contribution in [1.82, 2.24) is 10.3 Å². The Morgan fingerprint density at radius 1 is 1.32 bits per heavy atom. The van der Waals surface area contributed by atoms with E-state index in [2.05, 4.69) is 47.7 Å². The average molecular weight is 274 g/mol. The van der Waals surface area contributed by atoms with E-state index in [4.69, 9.17) is 0 Å². The average Bonchev–Trinajstić information content (AvgIpc) is 2.86. The van der Waals surface area contributed by atoms with Gasteiger partial charge in [-0.3, -0.25) is 4.98 Å². The largest absolute Gasteiger partial charge is 0.310 e. The predicted molar refractivity (Wildman–Crippen MR) is 82.6 cm³/mol. The van der Waals surface area contributed by atoms with Crippen LogP contribution in [0.5, 0.6) is 0 Å². The molecule has 3 heteroatoms. The van der Waals surface area contributed by atoms with Gasteiger partial charge < -0.3 is 5.32 Å². The lowest BCUT2D eigenvalue weighted by atomic mass is 10.0. The van der Waals surface area contributed by atoms with E-state index in [1.807, 2.05) is 23.7 Å². The molecule has 2 nitrogen and oxygen atoms in total. The van der Waals surface area contributed by atoms with Crippen molar-refractivity contribution in [2.24, 2.45) is 0 Å². The van der Waals surface area contributed by atoms with E-state index in [1.165, 1.54) is 22.4 Å². The van der Waals surface area contributed by atoms with Crippen LogP contribution in [0.15, 0.2) is 36.0 Å². The van der Waals surface area contributed by atoms with Crippen LogP contribution in [0.4, 0.5) is 0 Å². The van der Waals surface area contributed by atoms with Gasteiger partial charge in [0.2, 0.25) is 0 Å². The van der Waals surface area contributed by atoms with Crippen LogP contribution in [-0.4, -0.2) is 11.5 Å². The van der Waals surface area contributed by atoms with Gasteiger partial charge in [0, 0.05) is 23.3 Å². The summed E-state index contributed by atoms with van der Waals surface area (Å²) in [5.74, 6) is 0. The lowest BCUT2D eigenvalue weighted by Crippen LogP contribution is -2.22. The number of thiophene rings is 1. The summed E-state index contributed by atoms with van der Waals surface area (Å²) < 4.78 is 0. The highest BCUT2D eigenvalue weighted by Crippen LogP contribution is 2.24. The van der Waals surface area contributed by atoms with Crippen LogP contribution in [0.25, 0.3) is 0 Å². The van der Waals surface area contributed by atoms with Gasteiger partial charge in [-0.25, -0.2) is 0 Å². The van der Waals surface area contributed by atoms with Gasteiger partial charge in [-0.15, -0.1) is 11.3 Å². The van der Waals surface area contributed by atoms with E-state index >= 15 is 0 Å². The number of hydrogen-bond donors (Lipinski definition) is 1. The monoisotopic (exact) mass is 274 g/mol. The topological polar surface area (TPSA) is 24.9 Å². The molecule has 2 aromatic heterocycles. The zero-order valence-electron chi connectivity index (χ0n) is 11.7. The van der Waals surface area contributed by atoms with Crippen molar-refractivity contribution >= 4 is 11.3 Å². The molecule has 102 valence electrons. The Bertz CT molecular complexity index is 479. The number of nitrogens with zero attached hydrogens (tertiary/aromatic N) is 1. The van der Waals surface area contributed by atoms with Crippen molar-refractivity contribution in [3.05, 3.63) is 52.0 Å². The summed E-state index contributed by atoms with van der Waals surface area (Å²) in [7, 11) is 0. The van der Waals surface area contributed by atoms with Gasteiger partial charge in [-0.05, 0) is 67.4 Å². The first-order valence-electron chi connectivity index (χ1n) is 6.97. The van der Waals surface area contributed by atoms with Gasteiger partial charge in [-0.1, -0.05) is 6.92 Å². The Morgan fingerprint density at radius 3 is 2.74 bits per heavy atom. The molecule has 19 heavy (non-hydrogen) atoms. The molecule has 2 aromatic rings. The molecule has 1 unspecified atom stereocenters. The van der Waals surface area contributed by atoms with Crippen molar-refractivity contribution in [2.45, 2.75) is 39.2 Å². The van der Waals surface area contributed by atoms with E-state index < -0.39 is 0 Å². The lowest BCUT2D eigenvalue weighted by Gasteiger charge is -2.17. The fourth-order valence-electron chi connectivity index (χ4n) is 2.21. The summed E-state index contributed by atoms with van der Waals surface area (Å²) in [5, 5.41) is 5.95. The predicted octanol–water partition coefficient (Wildman–Crippen LogP) is 4.13. The molecule has 0 saturated carbocycles. The quantitative estimate of drug-likeness (QED) is 0.821. The number of rotatable bonds is 7. The molecule has 0 aromatic carbocycles. The number of aryl methyl sites for hydroxylation is 2. The van der Waals surface area contributed by atoms with Crippen LogP contribution < -0.4 is 5.32 Å². The minimum absolute atomic E-state index is 0.470. The molecule has 0 fully saturated rings. The molecule has 2 heterocycles. The maximum absolute atomic E-state index is 4.07. The zero-order valence-corrected chi connectivity index (χ0v) is 12.5. The normalized spacial score (nSPS) is 12.5. The Labute approximate surface area is 119 Å². The number of pyridine rings is 1. The van der Waals surface area contributed by atoms with Crippen molar-refractivity contribution in [2.75, 3.05) is 6.54 Å². The minimum atomic E-state index is 0.470. The second-order valence-electron chi connectivity index (χ2n) is 4.89. The standard InChI is InChI=1S/C16H22N2S/c1-3-8-18-16(15-11-13(2)19-12-15)5-4-14-6-9-17-10-7-14/h6-7,9-12,16,18H,3-5,8H2,1-2H3. The first-order valence-corrected chi connectivity index (χ1v) is 7.85. The Balaban J connectivity index is 1.98. The molecule has 0 radical (unpaired) electrons. The van der Waals surface area contributed by atoms with E-state index in [1.54, 1.807) is 0 Å². The summed E-state index contributed by atoms with van der Waals surface area (Å²) in [6.45, 7) is 5.47. The van der Waals surface area contributed by atoms with Gasteiger partial charge in [0.05, 0.1) is 0 Å². The van der Waals surface area contributed by atoms with Gasteiger partial charge in [0.15, 0.2) is 0 Å². The molecule has 0 aliphatic rings. The molecule has 0 aliphatic heterocycles. The Hall–Kier alpha value is -1.19. The lowest BCUT2D eigenvalue weighted by molar-refractivity contribution is 0.500. The van der Waals surface area contributed by atoms with E-state index in [0.717, 1.165) is 19.4 Å². The Kier molecular flexibility index (Phi) is 5.55. The van der Waals surface area contributed by atoms with Crippen LogP contribution >= 0.6 is 11.3 Å². The zero-order chi connectivity index (χ0) is 13.5. The molecular formula is C16H22N2S. The summed E-state index contributed by atoms with van der Waals surface area (Å²) >= 11 is 1.84. The Morgan fingerprint density at radius 2 is 2.11 bits per heavy atom. The maximum atomic E-state index is 4.07. The maximum Gasteiger partial charge on any atom is 0.0331 e. The highest BCUT2D eigenvalue weighted by molar-refractivity contribution is 7.10. The first-order chi connectivity index (χ1) is 9.29. The third kappa shape index (κ3) is 4.44. The van der Waals surface area contributed by atoms with Crippen LogP contribution in [0.2, 0.25) is 0 Å². The van der Waals surface area contributed by atoms with Gasteiger partial charge in [-0.2, -0.15) is 0 Å². The fraction of sp³-hybridized carbons (Fsp3) is 0.438. The van der Waals surface area contributed by atoms with Crippen LogP contribution in [-0.2, 0) is 6.42 Å². The smallest absolute Gasteiger partial charge is 0.0331 e. The third-order valence-corrected chi connectivity index (χ3v) is 4.14. The summed E-state index contributed by atoms with van der Waals surface area (Å²) in [4.78, 5) is 5.46. The third-order valence-electron chi connectivity index (χ3n) is 3.26. The molecular weight excluding hydrogens is 252 g/mol. The molecule has 0 aliphatic carbocycles. The molecule has 0 amide bonds. The highest BCUT2D eigenvalue weighted by Gasteiger charge is 2.12. The molecule has 1 atom stereocenters. The molecule has 0 spiro atoms. The SMILES string of the molecule is CCCNC(CCc1ccncc1)c1csc(C)c1. The summed E-state index contributed by atoms with van der Waals surface area (Å²) in [6.07, 6.45) is 7.16. The van der Waals surface area contributed by atoms with Crippen molar-refractivity contribution in [1.29, 1.82) is 0 Å². The number of nitrogens with one attached hydrogen (secondary N) is 1. The van der Waals surface area contributed by atoms with Crippen molar-refractivity contribution in [3.8, 4) is 0 Å². The molecule has 0 bridgehead atoms. The van der Waals surface area contributed by atoms with Crippen molar-refractivity contribution in [3.63, 3.8) is 0 Å². The van der Waals surface area contributed by atoms with Crippen molar-refractivity contribution < 1.29 is 0 Å². The minimum Gasteiger partial charge on any atom is -0.310 e. The fourth-order valence-corrected chi connectivity index (χ4v) is 2.97. The van der Waals surface area contributed by atoms with Crippen LogP contribution in [0.1, 0.15) is 41.8 Å².